The van der Waals surface area contributed by atoms with Crippen LogP contribution in [0.4, 0.5) is 24.8 Å². The molecule has 7 nitrogen and oxygen atoms in total. The minimum atomic E-state index is -4.45. The number of benzene rings is 1. The zero-order valence-electron chi connectivity index (χ0n) is 17.2. The van der Waals surface area contributed by atoms with E-state index in [-0.39, 0.29) is 24.0 Å². The van der Waals surface area contributed by atoms with Gasteiger partial charge in [-0.1, -0.05) is 12.1 Å². The van der Waals surface area contributed by atoms with E-state index in [1.54, 1.807) is 6.07 Å². The van der Waals surface area contributed by atoms with Crippen LogP contribution < -0.4 is 11.5 Å². The summed E-state index contributed by atoms with van der Waals surface area (Å²) in [6, 6.07) is 6.46. The third-order valence-electron chi connectivity index (χ3n) is 4.84. The SMILES string of the molecule is COCC[S@@](=O)c1sc2nc(-c3cnc(N)nc3)cc(-c3ccc(C(F)(F)F)cc3)c2c1N. The molecule has 0 aliphatic carbocycles. The number of nitrogens with two attached hydrogens (primary N) is 2. The highest BCUT2D eigenvalue weighted by molar-refractivity contribution is 7.87. The van der Waals surface area contributed by atoms with Gasteiger partial charge in [0.1, 0.15) is 9.04 Å². The molecule has 1 atom stereocenters. The fourth-order valence-corrected chi connectivity index (χ4v) is 5.77. The van der Waals surface area contributed by atoms with Gasteiger partial charge >= 0.3 is 6.18 Å². The molecule has 1 aromatic carbocycles. The summed E-state index contributed by atoms with van der Waals surface area (Å²) >= 11 is 1.17. The molecule has 172 valence electrons. The van der Waals surface area contributed by atoms with Gasteiger partial charge in [-0.3, -0.25) is 4.21 Å². The van der Waals surface area contributed by atoms with E-state index in [0.29, 0.717) is 36.8 Å². The number of nitrogens with zero attached hydrogens (tertiary/aromatic N) is 3. The summed E-state index contributed by atoms with van der Waals surface area (Å²) in [7, 11) is 0.0873. The number of fused-ring (bicyclic) bond motifs is 1. The normalized spacial score (nSPS) is 12.8. The van der Waals surface area contributed by atoms with Crippen molar-refractivity contribution in [3.05, 3.63) is 48.3 Å². The molecule has 3 aromatic heterocycles. The lowest BCUT2D eigenvalue weighted by atomic mass is 9.99. The number of hydrogen-bond acceptors (Lipinski definition) is 8. The summed E-state index contributed by atoms with van der Waals surface area (Å²) in [5.74, 6) is 0.348. The van der Waals surface area contributed by atoms with Crippen LogP contribution in [0.1, 0.15) is 5.56 Å². The number of nitrogen functional groups attached to an aromatic ring is 2. The maximum absolute atomic E-state index is 13.1. The second-order valence-corrected chi connectivity index (χ2v) is 9.75. The van der Waals surface area contributed by atoms with E-state index in [0.717, 1.165) is 12.1 Å². The molecular weight excluding hydrogens is 475 g/mol. The molecule has 4 N–H and O–H groups in total. The first kappa shape index (κ1) is 23.1. The van der Waals surface area contributed by atoms with Gasteiger partial charge in [-0.2, -0.15) is 13.2 Å². The van der Waals surface area contributed by atoms with Crippen LogP contribution in [-0.2, 0) is 21.7 Å². The Kier molecular flexibility index (Phi) is 6.32. The molecule has 0 radical (unpaired) electrons. The van der Waals surface area contributed by atoms with Crippen molar-refractivity contribution in [2.75, 3.05) is 30.9 Å². The number of hydrogen-bond donors (Lipinski definition) is 2. The van der Waals surface area contributed by atoms with Crippen molar-refractivity contribution in [2.45, 2.75) is 10.4 Å². The first-order chi connectivity index (χ1) is 15.7. The van der Waals surface area contributed by atoms with Crippen molar-refractivity contribution in [2.24, 2.45) is 0 Å². The van der Waals surface area contributed by atoms with E-state index in [2.05, 4.69) is 15.0 Å². The molecular formula is C21H18F3N5O2S2. The molecule has 4 aromatic rings. The molecule has 33 heavy (non-hydrogen) atoms. The zero-order chi connectivity index (χ0) is 23.8. The molecule has 0 saturated carbocycles. The fourth-order valence-electron chi connectivity index (χ4n) is 3.21. The van der Waals surface area contributed by atoms with E-state index in [4.69, 9.17) is 16.2 Å². The minimum absolute atomic E-state index is 0.0963. The summed E-state index contributed by atoms with van der Waals surface area (Å²) in [6.45, 7) is 0.285. The smallest absolute Gasteiger partial charge is 0.396 e. The van der Waals surface area contributed by atoms with Gasteiger partial charge in [0.05, 0.1) is 40.1 Å². The monoisotopic (exact) mass is 493 g/mol. The van der Waals surface area contributed by atoms with Crippen LogP contribution in [0.5, 0.6) is 0 Å². The van der Waals surface area contributed by atoms with Crippen LogP contribution in [-0.4, -0.2) is 38.6 Å². The van der Waals surface area contributed by atoms with E-state index in [1.807, 2.05) is 0 Å². The molecule has 0 bridgehead atoms. The average molecular weight is 494 g/mol. The average Bonchev–Trinajstić information content (AvgIpc) is 3.13. The molecule has 4 rings (SSSR count). The van der Waals surface area contributed by atoms with Gasteiger partial charge in [0.25, 0.3) is 0 Å². The summed E-state index contributed by atoms with van der Waals surface area (Å²) in [5, 5.41) is 0.528. The van der Waals surface area contributed by atoms with Crippen molar-refractivity contribution in [3.63, 3.8) is 0 Å². The summed E-state index contributed by atoms with van der Waals surface area (Å²) in [5.41, 5.74) is 13.6. The predicted octanol–water partition coefficient (Wildman–Crippen LogP) is 4.36. The van der Waals surface area contributed by atoms with Gasteiger partial charge in [-0.25, -0.2) is 15.0 Å². The molecule has 0 spiro atoms. The third-order valence-corrected chi connectivity index (χ3v) is 7.71. The Morgan fingerprint density at radius 2 is 1.76 bits per heavy atom. The van der Waals surface area contributed by atoms with Gasteiger partial charge in [0.2, 0.25) is 5.95 Å². The van der Waals surface area contributed by atoms with Gasteiger partial charge < -0.3 is 16.2 Å². The molecule has 3 heterocycles. The predicted molar refractivity (Wildman–Crippen MR) is 123 cm³/mol. The topological polar surface area (TPSA) is 117 Å². The Bertz CT molecular complexity index is 1320. The maximum Gasteiger partial charge on any atom is 0.416 e. The van der Waals surface area contributed by atoms with Crippen molar-refractivity contribution in [1.82, 2.24) is 15.0 Å². The van der Waals surface area contributed by atoms with Crippen LogP contribution >= 0.6 is 11.3 Å². The lowest BCUT2D eigenvalue weighted by molar-refractivity contribution is -0.137. The zero-order valence-corrected chi connectivity index (χ0v) is 18.9. The van der Waals surface area contributed by atoms with E-state index in [1.165, 1.54) is 43.0 Å². The molecule has 0 aliphatic heterocycles. The Labute approximate surface area is 193 Å². The van der Waals surface area contributed by atoms with Crippen molar-refractivity contribution < 1.29 is 22.1 Å². The van der Waals surface area contributed by atoms with E-state index >= 15 is 0 Å². The van der Waals surface area contributed by atoms with Crippen LogP contribution in [0, 0.1) is 0 Å². The number of aromatic nitrogens is 3. The third kappa shape index (κ3) is 4.68. The number of anilines is 2. The number of thiophene rings is 1. The highest BCUT2D eigenvalue weighted by atomic mass is 32.2. The molecule has 0 amide bonds. The number of methoxy groups -OCH3 is 1. The number of pyridine rings is 1. The molecule has 0 aliphatic rings. The number of halogens is 3. The molecule has 0 fully saturated rings. The number of rotatable bonds is 6. The van der Waals surface area contributed by atoms with Gasteiger partial charge in [0.15, 0.2) is 0 Å². The Balaban J connectivity index is 1.92. The summed E-state index contributed by atoms with van der Waals surface area (Å²) < 4.78 is 57.4. The van der Waals surface area contributed by atoms with Gasteiger partial charge in [0, 0.05) is 30.5 Å². The van der Waals surface area contributed by atoms with E-state index in [9.17, 15) is 17.4 Å². The Hall–Kier alpha value is -3.09. The number of ether oxygens (including phenoxy) is 1. The fraction of sp³-hybridized carbons (Fsp3) is 0.190. The van der Waals surface area contributed by atoms with Gasteiger partial charge in [-0.05, 0) is 29.3 Å². The maximum atomic E-state index is 13.1. The Morgan fingerprint density at radius 3 is 2.36 bits per heavy atom. The van der Waals surface area contributed by atoms with Crippen molar-refractivity contribution in [1.29, 1.82) is 0 Å². The summed E-state index contributed by atoms with van der Waals surface area (Å²) in [4.78, 5) is 13.1. The highest BCUT2D eigenvalue weighted by Crippen LogP contribution is 2.43. The summed E-state index contributed by atoms with van der Waals surface area (Å²) in [6.07, 6.45) is -1.45. The second kappa shape index (κ2) is 9.04. The molecule has 0 unspecified atom stereocenters. The van der Waals surface area contributed by atoms with Crippen LogP contribution in [0.25, 0.3) is 32.6 Å². The van der Waals surface area contributed by atoms with Crippen LogP contribution in [0.15, 0.2) is 46.9 Å². The van der Waals surface area contributed by atoms with Crippen molar-refractivity contribution in [3.8, 4) is 22.4 Å². The quantitative estimate of drug-likeness (QED) is 0.410. The van der Waals surface area contributed by atoms with Crippen LogP contribution in [0.2, 0.25) is 0 Å². The van der Waals surface area contributed by atoms with Gasteiger partial charge in [-0.15, -0.1) is 11.3 Å². The highest BCUT2D eigenvalue weighted by Gasteiger charge is 2.30. The number of alkyl halides is 3. The van der Waals surface area contributed by atoms with E-state index < -0.39 is 22.5 Å². The lowest BCUT2D eigenvalue weighted by Gasteiger charge is -2.11. The van der Waals surface area contributed by atoms with Crippen LogP contribution in [0.3, 0.4) is 0 Å². The molecule has 12 heteroatoms. The lowest BCUT2D eigenvalue weighted by Crippen LogP contribution is -2.05. The largest absolute Gasteiger partial charge is 0.416 e. The first-order valence-corrected chi connectivity index (χ1v) is 11.7. The second-order valence-electron chi connectivity index (χ2n) is 6.99. The molecule has 0 saturated heterocycles. The Morgan fingerprint density at radius 1 is 1.09 bits per heavy atom. The standard InChI is InChI=1S/C21H18F3N5O2S2/c1-31-6-7-33(30)19-17(25)16-14(11-2-4-13(5-3-11)21(22,23)24)8-15(29-18(16)32-19)12-9-27-20(26)28-10-12/h2-5,8-10H,6-7,25H2,1H3,(H2,26,27,28)/t33-/m1/s1. The van der Waals surface area contributed by atoms with Crippen molar-refractivity contribution >= 4 is 44.0 Å². The minimum Gasteiger partial charge on any atom is -0.396 e. The first-order valence-electron chi connectivity index (χ1n) is 9.55.